The van der Waals surface area contributed by atoms with Crippen molar-refractivity contribution in [2.24, 2.45) is 0 Å². The van der Waals surface area contributed by atoms with Crippen LogP contribution in [0.25, 0.3) is 0 Å². The van der Waals surface area contributed by atoms with E-state index in [0.29, 0.717) is 6.54 Å². The molecule has 3 amide bonds. The monoisotopic (exact) mass is 303 g/mol. The van der Waals surface area contributed by atoms with E-state index in [1.165, 1.54) is 15.8 Å². The second-order valence-electron chi connectivity index (χ2n) is 4.72. The van der Waals surface area contributed by atoms with Gasteiger partial charge in [0.1, 0.15) is 6.54 Å². The molecule has 0 unspecified atom stereocenters. The summed E-state index contributed by atoms with van der Waals surface area (Å²) in [4.78, 5) is 28.7. The number of rotatable bonds is 5. The van der Waals surface area contributed by atoms with Crippen LogP contribution < -0.4 is 10.6 Å². The standard InChI is InChI=1S/C13H17N7O2/c1-19(2)13(22)16-11-8-20(18-17-11)9-12(21)15-7-10-5-3-4-6-14-10/h3-6,8H,7,9H2,1-2H3,(H,15,21)(H,16,22). The van der Waals surface area contributed by atoms with Gasteiger partial charge in [-0.25, -0.2) is 9.48 Å². The third-order valence-electron chi connectivity index (χ3n) is 2.68. The first kappa shape index (κ1) is 15.4. The Kier molecular flexibility index (Phi) is 5.02. The lowest BCUT2D eigenvalue weighted by Crippen LogP contribution is -2.28. The summed E-state index contributed by atoms with van der Waals surface area (Å²) in [5.41, 5.74) is 0.772. The molecule has 2 aromatic heterocycles. The van der Waals surface area contributed by atoms with E-state index in [1.807, 2.05) is 18.2 Å². The Morgan fingerprint density at radius 3 is 2.82 bits per heavy atom. The largest absolute Gasteiger partial charge is 0.349 e. The fourth-order valence-electron chi connectivity index (χ4n) is 1.55. The number of hydrogen-bond acceptors (Lipinski definition) is 5. The van der Waals surface area contributed by atoms with Crippen molar-refractivity contribution >= 4 is 17.8 Å². The van der Waals surface area contributed by atoms with E-state index >= 15 is 0 Å². The van der Waals surface area contributed by atoms with Gasteiger partial charge in [-0.1, -0.05) is 11.3 Å². The highest BCUT2D eigenvalue weighted by molar-refractivity contribution is 5.87. The number of hydrogen-bond donors (Lipinski definition) is 2. The predicted molar refractivity (Wildman–Crippen MR) is 78.8 cm³/mol. The molecule has 0 spiro atoms. The smallest absolute Gasteiger partial charge is 0.322 e. The molecule has 2 heterocycles. The highest BCUT2D eigenvalue weighted by atomic mass is 16.2. The van der Waals surface area contributed by atoms with Crippen LogP contribution in [-0.2, 0) is 17.9 Å². The molecule has 0 radical (unpaired) electrons. The second-order valence-corrected chi connectivity index (χ2v) is 4.72. The van der Waals surface area contributed by atoms with Gasteiger partial charge in [-0.15, -0.1) is 5.10 Å². The van der Waals surface area contributed by atoms with Crippen LogP contribution in [0.2, 0.25) is 0 Å². The number of anilines is 1. The average molecular weight is 303 g/mol. The van der Waals surface area contributed by atoms with Gasteiger partial charge in [-0.2, -0.15) is 0 Å². The fraction of sp³-hybridized carbons (Fsp3) is 0.308. The molecule has 0 saturated heterocycles. The zero-order chi connectivity index (χ0) is 15.9. The van der Waals surface area contributed by atoms with E-state index in [2.05, 4.69) is 25.9 Å². The topological polar surface area (TPSA) is 105 Å². The first-order chi connectivity index (χ1) is 10.5. The lowest BCUT2D eigenvalue weighted by Gasteiger charge is -2.09. The van der Waals surface area contributed by atoms with Crippen molar-refractivity contribution in [2.45, 2.75) is 13.1 Å². The van der Waals surface area contributed by atoms with Crippen LogP contribution >= 0.6 is 0 Å². The maximum absolute atomic E-state index is 11.8. The van der Waals surface area contributed by atoms with Gasteiger partial charge in [-0.3, -0.25) is 15.1 Å². The van der Waals surface area contributed by atoms with Crippen LogP contribution in [0.15, 0.2) is 30.6 Å². The summed E-state index contributed by atoms with van der Waals surface area (Å²) in [7, 11) is 3.23. The first-order valence-corrected chi connectivity index (χ1v) is 6.59. The maximum atomic E-state index is 11.8. The van der Waals surface area contributed by atoms with Gasteiger partial charge in [0.25, 0.3) is 0 Å². The van der Waals surface area contributed by atoms with Crippen LogP contribution in [-0.4, -0.2) is 50.9 Å². The zero-order valence-electron chi connectivity index (χ0n) is 12.4. The molecule has 0 fully saturated rings. The summed E-state index contributed by atoms with van der Waals surface area (Å²) < 4.78 is 1.35. The number of carbonyl (C=O) groups is 2. The van der Waals surface area contributed by atoms with Gasteiger partial charge in [0.05, 0.1) is 18.4 Å². The molecule has 22 heavy (non-hydrogen) atoms. The van der Waals surface area contributed by atoms with Crippen LogP contribution in [0.1, 0.15) is 5.69 Å². The van der Waals surface area contributed by atoms with Gasteiger partial charge in [0.2, 0.25) is 5.91 Å². The third kappa shape index (κ3) is 4.54. The van der Waals surface area contributed by atoms with Crippen LogP contribution in [0.4, 0.5) is 10.6 Å². The van der Waals surface area contributed by atoms with Gasteiger partial charge >= 0.3 is 6.03 Å². The number of urea groups is 1. The molecule has 2 N–H and O–H groups in total. The minimum Gasteiger partial charge on any atom is -0.349 e. The van der Waals surface area contributed by atoms with Crippen molar-refractivity contribution in [2.75, 3.05) is 19.4 Å². The van der Waals surface area contributed by atoms with Crippen molar-refractivity contribution in [1.29, 1.82) is 0 Å². The molecule has 2 rings (SSSR count). The van der Waals surface area contributed by atoms with Gasteiger partial charge in [-0.05, 0) is 12.1 Å². The van der Waals surface area contributed by atoms with E-state index in [9.17, 15) is 9.59 Å². The Bertz CT molecular complexity index is 639. The van der Waals surface area contributed by atoms with Crippen LogP contribution in [0, 0.1) is 0 Å². The summed E-state index contributed by atoms with van der Waals surface area (Å²) in [6.07, 6.45) is 3.15. The highest BCUT2D eigenvalue weighted by Crippen LogP contribution is 2.01. The van der Waals surface area contributed by atoms with Crippen LogP contribution in [0.5, 0.6) is 0 Å². The Morgan fingerprint density at radius 1 is 1.32 bits per heavy atom. The number of carbonyl (C=O) groups excluding carboxylic acids is 2. The zero-order valence-corrected chi connectivity index (χ0v) is 12.4. The minimum absolute atomic E-state index is 0.0116. The molecule has 0 aliphatic carbocycles. The molecule has 0 aliphatic heterocycles. The normalized spacial score (nSPS) is 10.1. The molecule has 0 aromatic carbocycles. The molecule has 0 atom stereocenters. The number of amides is 3. The Balaban J connectivity index is 1.82. The van der Waals surface area contributed by atoms with Crippen molar-refractivity contribution < 1.29 is 9.59 Å². The summed E-state index contributed by atoms with van der Waals surface area (Å²) >= 11 is 0. The first-order valence-electron chi connectivity index (χ1n) is 6.59. The molecule has 116 valence electrons. The van der Waals surface area contributed by atoms with Crippen LogP contribution in [0.3, 0.4) is 0 Å². The number of aromatic nitrogens is 4. The molecule has 0 saturated carbocycles. The second kappa shape index (κ2) is 7.16. The van der Waals surface area contributed by atoms with Crippen molar-refractivity contribution in [3.05, 3.63) is 36.3 Å². The van der Waals surface area contributed by atoms with Gasteiger partial charge in [0.15, 0.2) is 5.82 Å². The molecule has 0 bridgehead atoms. The molecular weight excluding hydrogens is 286 g/mol. The van der Waals surface area contributed by atoms with Crippen molar-refractivity contribution in [3.63, 3.8) is 0 Å². The number of nitrogens with zero attached hydrogens (tertiary/aromatic N) is 5. The minimum atomic E-state index is -0.313. The fourth-order valence-corrected chi connectivity index (χ4v) is 1.55. The third-order valence-corrected chi connectivity index (χ3v) is 2.68. The number of nitrogens with one attached hydrogen (secondary N) is 2. The summed E-state index contributed by atoms with van der Waals surface area (Å²) in [5.74, 6) is 0.0669. The summed E-state index contributed by atoms with van der Waals surface area (Å²) in [6.45, 7) is 0.357. The lowest BCUT2D eigenvalue weighted by atomic mass is 10.3. The van der Waals surface area contributed by atoms with E-state index < -0.39 is 0 Å². The molecule has 0 aliphatic rings. The Morgan fingerprint density at radius 2 is 2.14 bits per heavy atom. The van der Waals surface area contributed by atoms with Crippen molar-refractivity contribution in [3.8, 4) is 0 Å². The van der Waals surface area contributed by atoms with E-state index in [0.717, 1.165) is 5.69 Å². The molecule has 2 aromatic rings. The maximum Gasteiger partial charge on any atom is 0.322 e. The molecule has 9 nitrogen and oxygen atoms in total. The summed E-state index contributed by atoms with van der Waals surface area (Å²) in [6, 6.07) is 5.17. The number of pyridine rings is 1. The predicted octanol–water partition coefficient (Wildman–Crippen LogP) is 0.0830. The van der Waals surface area contributed by atoms with Gasteiger partial charge < -0.3 is 10.2 Å². The quantitative estimate of drug-likeness (QED) is 0.814. The molecule has 9 heteroatoms. The highest BCUT2D eigenvalue weighted by Gasteiger charge is 2.09. The molecular formula is C13H17N7O2. The SMILES string of the molecule is CN(C)C(=O)Nc1cn(CC(=O)NCc2ccccn2)nn1. The van der Waals surface area contributed by atoms with E-state index in [4.69, 9.17) is 0 Å². The van der Waals surface area contributed by atoms with E-state index in [1.54, 1.807) is 20.3 Å². The van der Waals surface area contributed by atoms with Crippen molar-refractivity contribution in [1.82, 2.24) is 30.2 Å². The average Bonchev–Trinajstić information content (AvgIpc) is 2.93. The summed E-state index contributed by atoms with van der Waals surface area (Å²) in [5, 5.41) is 12.8. The van der Waals surface area contributed by atoms with E-state index in [-0.39, 0.29) is 24.3 Å². The Hall–Kier alpha value is -2.97. The Labute approximate surface area is 127 Å². The lowest BCUT2D eigenvalue weighted by molar-refractivity contribution is -0.122. The van der Waals surface area contributed by atoms with Gasteiger partial charge in [0, 0.05) is 20.3 Å².